The van der Waals surface area contributed by atoms with Gasteiger partial charge in [0.2, 0.25) is 0 Å². The Hall–Kier alpha value is -2.35. The third kappa shape index (κ3) is 2.25. The van der Waals surface area contributed by atoms with Crippen LogP contribution >= 0.6 is 0 Å². The van der Waals surface area contributed by atoms with Gasteiger partial charge in [-0.25, -0.2) is 4.79 Å². The number of sulfonamides is 1. The number of carboxylic acid groups (broad SMARTS) is 1. The van der Waals surface area contributed by atoms with Crippen LogP contribution in [0.25, 0.3) is 0 Å². The second kappa shape index (κ2) is 5.13. The molecule has 0 bridgehead atoms. The molecule has 0 aliphatic carbocycles. The monoisotopic (exact) mass is 321 g/mol. The van der Waals surface area contributed by atoms with E-state index in [2.05, 4.69) is 5.10 Å². The molecule has 0 fully saturated rings. The first-order valence-electron chi connectivity index (χ1n) is 6.78. The highest BCUT2D eigenvalue weighted by atomic mass is 32.2. The van der Waals surface area contributed by atoms with Crippen molar-refractivity contribution < 1.29 is 18.3 Å². The van der Waals surface area contributed by atoms with Gasteiger partial charge in [-0.2, -0.15) is 13.5 Å². The number of fused-ring (bicyclic) bond motifs is 1. The third-order valence-electron chi connectivity index (χ3n) is 3.73. The highest BCUT2D eigenvalue weighted by Crippen LogP contribution is 2.32. The number of nitrogens with zero attached hydrogens (tertiary/aromatic N) is 3. The van der Waals surface area contributed by atoms with Crippen LogP contribution in [0.2, 0.25) is 0 Å². The number of aryl methyl sites for hydroxylation is 2. The van der Waals surface area contributed by atoms with Gasteiger partial charge in [-0.1, -0.05) is 0 Å². The van der Waals surface area contributed by atoms with Gasteiger partial charge in [-0.15, -0.1) is 0 Å². The summed E-state index contributed by atoms with van der Waals surface area (Å²) in [5, 5.41) is 13.1. The lowest BCUT2D eigenvalue weighted by Gasteiger charge is -2.30. The molecule has 22 heavy (non-hydrogen) atoms. The second-order valence-corrected chi connectivity index (χ2v) is 6.93. The normalized spacial score (nSPS) is 14.7. The van der Waals surface area contributed by atoms with Crippen molar-refractivity contribution >= 4 is 21.7 Å². The zero-order valence-electron chi connectivity index (χ0n) is 11.9. The van der Waals surface area contributed by atoms with Crippen LogP contribution in [0, 0.1) is 0 Å². The molecular weight excluding hydrogens is 306 g/mol. The van der Waals surface area contributed by atoms with Crippen LogP contribution in [-0.2, 0) is 23.5 Å². The van der Waals surface area contributed by atoms with Crippen molar-refractivity contribution in [1.82, 2.24) is 9.78 Å². The molecule has 1 N–H and O–H groups in total. The molecular formula is C14H15N3O4S. The summed E-state index contributed by atoms with van der Waals surface area (Å²) >= 11 is 0. The maximum absolute atomic E-state index is 12.8. The van der Waals surface area contributed by atoms with E-state index in [0.29, 0.717) is 25.1 Å². The molecule has 0 saturated heterocycles. The lowest BCUT2D eigenvalue weighted by atomic mass is 10.0. The number of aromatic carboxylic acids is 1. The minimum atomic E-state index is -3.71. The zero-order valence-corrected chi connectivity index (χ0v) is 12.7. The molecule has 0 amide bonds. The van der Waals surface area contributed by atoms with Gasteiger partial charge in [0.15, 0.2) is 5.03 Å². The number of benzene rings is 1. The van der Waals surface area contributed by atoms with Gasteiger partial charge < -0.3 is 5.11 Å². The first kappa shape index (κ1) is 14.6. The van der Waals surface area contributed by atoms with Crippen LogP contribution in [0.4, 0.5) is 5.69 Å². The summed E-state index contributed by atoms with van der Waals surface area (Å²) in [7, 11) is -2.13. The fourth-order valence-corrected chi connectivity index (χ4v) is 4.32. The van der Waals surface area contributed by atoms with E-state index >= 15 is 0 Å². The van der Waals surface area contributed by atoms with E-state index in [1.807, 2.05) is 0 Å². The first-order valence-corrected chi connectivity index (χ1v) is 8.22. The molecule has 1 aromatic carbocycles. The molecule has 1 aliphatic rings. The van der Waals surface area contributed by atoms with Crippen molar-refractivity contribution in [3.63, 3.8) is 0 Å². The Morgan fingerprint density at radius 3 is 2.73 bits per heavy atom. The fourth-order valence-electron chi connectivity index (χ4n) is 2.67. The Morgan fingerprint density at radius 1 is 1.32 bits per heavy atom. The highest BCUT2D eigenvalue weighted by molar-refractivity contribution is 7.92. The molecule has 1 aromatic heterocycles. The van der Waals surface area contributed by atoms with Gasteiger partial charge in [0.25, 0.3) is 10.0 Å². The van der Waals surface area contributed by atoms with Crippen LogP contribution < -0.4 is 4.31 Å². The topological polar surface area (TPSA) is 92.5 Å². The summed E-state index contributed by atoms with van der Waals surface area (Å²) in [6.45, 7) is 0.368. The lowest BCUT2D eigenvalue weighted by Crippen LogP contribution is -2.36. The van der Waals surface area contributed by atoms with E-state index in [4.69, 9.17) is 5.11 Å². The summed E-state index contributed by atoms with van der Waals surface area (Å²) in [5.74, 6) is -1.02. The van der Waals surface area contributed by atoms with Gasteiger partial charge in [-0.05, 0) is 42.7 Å². The summed E-state index contributed by atoms with van der Waals surface area (Å²) in [5.41, 5.74) is 1.44. The summed E-state index contributed by atoms with van der Waals surface area (Å²) in [6.07, 6.45) is 2.74. The van der Waals surface area contributed by atoms with Crippen molar-refractivity contribution in [1.29, 1.82) is 0 Å². The predicted molar refractivity (Wildman–Crippen MR) is 79.5 cm³/mol. The van der Waals surface area contributed by atoms with Crippen LogP contribution in [0.5, 0.6) is 0 Å². The standard InChI is InChI=1S/C14H15N3O4S/c1-16-13(6-7-15-16)22(20,21)17-8-2-3-10-9-11(14(18)19)4-5-12(10)17/h4-7,9H,2-3,8H2,1H3,(H,18,19). The fraction of sp³-hybridized carbons (Fsp3) is 0.286. The van der Waals surface area contributed by atoms with Gasteiger partial charge in [-0.3, -0.25) is 8.99 Å². The maximum Gasteiger partial charge on any atom is 0.335 e. The molecule has 0 radical (unpaired) electrons. The van der Waals surface area contributed by atoms with E-state index in [9.17, 15) is 13.2 Å². The largest absolute Gasteiger partial charge is 0.478 e. The lowest BCUT2D eigenvalue weighted by molar-refractivity contribution is 0.0696. The Morgan fingerprint density at radius 2 is 2.09 bits per heavy atom. The molecule has 0 spiro atoms. The van der Waals surface area contributed by atoms with Crippen LogP contribution in [0.1, 0.15) is 22.3 Å². The summed E-state index contributed by atoms with van der Waals surface area (Å²) in [6, 6.07) is 5.99. The predicted octanol–water partition coefficient (Wildman–Crippen LogP) is 1.26. The second-order valence-electron chi connectivity index (χ2n) is 5.12. The third-order valence-corrected chi connectivity index (χ3v) is 5.62. The van der Waals surface area contributed by atoms with Crippen LogP contribution in [0.3, 0.4) is 0 Å². The van der Waals surface area contributed by atoms with Gasteiger partial charge in [0, 0.05) is 13.6 Å². The minimum Gasteiger partial charge on any atom is -0.478 e. The van der Waals surface area contributed by atoms with E-state index < -0.39 is 16.0 Å². The van der Waals surface area contributed by atoms with Crippen molar-refractivity contribution in [2.75, 3.05) is 10.8 Å². The number of rotatable bonds is 3. The molecule has 2 aromatic rings. The number of anilines is 1. The SMILES string of the molecule is Cn1nccc1S(=O)(=O)N1CCCc2cc(C(=O)O)ccc21. The molecule has 0 unspecified atom stereocenters. The molecule has 1 aliphatic heterocycles. The first-order chi connectivity index (χ1) is 10.4. The Kier molecular flexibility index (Phi) is 3.40. The van der Waals surface area contributed by atoms with Crippen molar-refractivity contribution in [2.24, 2.45) is 7.05 Å². The molecule has 116 valence electrons. The number of carboxylic acids is 1. The van der Waals surface area contributed by atoms with Gasteiger partial charge >= 0.3 is 5.97 Å². The zero-order chi connectivity index (χ0) is 15.9. The number of aromatic nitrogens is 2. The molecule has 8 heteroatoms. The van der Waals surface area contributed by atoms with E-state index in [1.165, 1.54) is 27.3 Å². The summed E-state index contributed by atoms with van der Waals surface area (Å²) < 4.78 is 28.2. The summed E-state index contributed by atoms with van der Waals surface area (Å²) in [4.78, 5) is 11.1. The number of hydrogen-bond donors (Lipinski definition) is 1. The molecule has 0 saturated carbocycles. The highest BCUT2D eigenvalue weighted by Gasteiger charge is 2.31. The molecule has 0 atom stereocenters. The van der Waals surface area contributed by atoms with Gasteiger partial charge in [0.05, 0.1) is 17.4 Å². The quantitative estimate of drug-likeness (QED) is 0.918. The van der Waals surface area contributed by atoms with Gasteiger partial charge in [0.1, 0.15) is 0 Å². The van der Waals surface area contributed by atoms with Crippen LogP contribution in [-0.4, -0.2) is 35.8 Å². The number of hydrogen-bond acceptors (Lipinski definition) is 4. The molecule has 2 heterocycles. The van der Waals surface area contributed by atoms with Crippen molar-refractivity contribution in [3.8, 4) is 0 Å². The Balaban J connectivity index is 2.09. The Bertz CT molecular complexity index is 842. The smallest absolute Gasteiger partial charge is 0.335 e. The minimum absolute atomic E-state index is 0.114. The molecule has 7 nitrogen and oxygen atoms in total. The van der Waals surface area contributed by atoms with Crippen LogP contribution in [0.15, 0.2) is 35.5 Å². The van der Waals surface area contributed by atoms with E-state index in [0.717, 1.165) is 5.56 Å². The van der Waals surface area contributed by atoms with Crippen molar-refractivity contribution in [2.45, 2.75) is 17.9 Å². The van der Waals surface area contributed by atoms with Crippen molar-refractivity contribution in [3.05, 3.63) is 41.6 Å². The number of carbonyl (C=O) groups is 1. The van der Waals surface area contributed by atoms with E-state index in [-0.39, 0.29) is 10.6 Å². The average Bonchev–Trinajstić information content (AvgIpc) is 2.92. The molecule has 3 rings (SSSR count). The van der Waals surface area contributed by atoms with E-state index in [1.54, 1.807) is 19.2 Å². The average molecular weight is 321 g/mol. The Labute approximate surface area is 127 Å². The maximum atomic E-state index is 12.8.